The zero-order chi connectivity index (χ0) is 21.6. The molecule has 6 heteroatoms. The van der Waals surface area contributed by atoms with Gasteiger partial charge in [0.05, 0.1) is 17.4 Å². The van der Waals surface area contributed by atoms with Crippen LogP contribution in [0.25, 0.3) is 17.0 Å². The Morgan fingerprint density at radius 3 is 2.42 bits per heavy atom. The number of benzene rings is 3. The minimum absolute atomic E-state index is 0.164. The van der Waals surface area contributed by atoms with Gasteiger partial charge in [0.1, 0.15) is 5.82 Å². The average Bonchev–Trinajstić information content (AvgIpc) is 2.79. The predicted molar refractivity (Wildman–Crippen MR) is 126 cm³/mol. The van der Waals surface area contributed by atoms with Crippen molar-refractivity contribution in [3.8, 4) is 0 Å². The number of halogens is 1. The van der Waals surface area contributed by atoms with Crippen LogP contribution in [-0.2, 0) is 17.9 Å². The van der Waals surface area contributed by atoms with E-state index in [9.17, 15) is 9.59 Å². The van der Waals surface area contributed by atoms with Gasteiger partial charge in [0.2, 0.25) is 5.91 Å². The fraction of sp³-hybridized carbons (Fsp3) is 0.0800. The summed E-state index contributed by atoms with van der Waals surface area (Å²) < 4.78 is 0.980. The number of hydrogen-bond donors (Lipinski definition) is 1. The van der Waals surface area contributed by atoms with Crippen molar-refractivity contribution in [3.05, 3.63) is 117 Å². The maximum Gasteiger partial charge on any atom is 0.258 e. The molecule has 5 nitrogen and oxygen atoms in total. The Bertz CT molecular complexity index is 1280. The summed E-state index contributed by atoms with van der Waals surface area (Å²) in [6.45, 7) is 0.597. The van der Waals surface area contributed by atoms with Gasteiger partial charge in [-0.3, -0.25) is 9.59 Å². The van der Waals surface area contributed by atoms with Gasteiger partial charge in [-0.1, -0.05) is 70.5 Å². The molecule has 4 aromatic rings. The van der Waals surface area contributed by atoms with E-state index < -0.39 is 0 Å². The molecule has 154 valence electrons. The van der Waals surface area contributed by atoms with Crippen molar-refractivity contribution in [2.24, 2.45) is 0 Å². The molecule has 0 saturated heterocycles. The lowest BCUT2D eigenvalue weighted by atomic mass is 10.2. The average molecular weight is 474 g/mol. The van der Waals surface area contributed by atoms with Crippen molar-refractivity contribution >= 4 is 38.8 Å². The first kappa shape index (κ1) is 20.8. The quantitative estimate of drug-likeness (QED) is 0.403. The predicted octanol–water partition coefficient (Wildman–Crippen LogP) is 4.93. The zero-order valence-corrected chi connectivity index (χ0v) is 18.2. The molecule has 0 unspecified atom stereocenters. The Labute approximate surface area is 188 Å². The fourth-order valence-corrected chi connectivity index (χ4v) is 3.52. The Morgan fingerprint density at radius 1 is 0.935 bits per heavy atom. The van der Waals surface area contributed by atoms with E-state index in [1.54, 1.807) is 35.3 Å². The van der Waals surface area contributed by atoms with Gasteiger partial charge in [-0.05, 0) is 41.5 Å². The highest BCUT2D eigenvalue weighted by Gasteiger charge is 2.14. The first-order valence-electron chi connectivity index (χ1n) is 9.83. The lowest BCUT2D eigenvalue weighted by Gasteiger charge is -2.21. The maximum atomic E-state index is 13.1. The van der Waals surface area contributed by atoms with Gasteiger partial charge in [0.15, 0.2) is 0 Å². The van der Waals surface area contributed by atoms with Crippen LogP contribution < -0.4 is 5.56 Å². The molecule has 0 bridgehead atoms. The van der Waals surface area contributed by atoms with Gasteiger partial charge in [0.25, 0.3) is 5.56 Å². The highest BCUT2D eigenvalue weighted by molar-refractivity contribution is 9.10. The summed E-state index contributed by atoms with van der Waals surface area (Å²) in [5.74, 6) is 0.285. The fourth-order valence-electron chi connectivity index (χ4n) is 3.25. The molecule has 1 amide bonds. The zero-order valence-electron chi connectivity index (χ0n) is 16.7. The molecule has 31 heavy (non-hydrogen) atoms. The minimum Gasteiger partial charge on any atom is -0.327 e. The molecular weight excluding hydrogens is 454 g/mol. The molecule has 0 aliphatic rings. The summed E-state index contributed by atoms with van der Waals surface area (Å²) in [5, 5.41) is 0.530. The maximum absolute atomic E-state index is 13.1. The molecule has 1 N–H and O–H groups in total. The molecule has 0 spiro atoms. The second-order valence-corrected chi connectivity index (χ2v) is 8.01. The normalized spacial score (nSPS) is 11.1. The van der Waals surface area contributed by atoms with Crippen LogP contribution in [0.1, 0.15) is 17.0 Å². The number of aromatic amines is 1. The Balaban J connectivity index is 1.61. The van der Waals surface area contributed by atoms with Crippen LogP contribution in [0.2, 0.25) is 0 Å². The number of nitrogens with one attached hydrogen (secondary N) is 1. The number of amides is 1. The molecule has 0 radical (unpaired) electrons. The molecule has 1 aromatic heterocycles. The Hall–Kier alpha value is -3.51. The first-order chi connectivity index (χ1) is 15.1. The second-order valence-electron chi connectivity index (χ2n) is 7.09. The summed E-state index contributed by atoms with van der Waals surface area (Å²) in [6.07, 6.45) is 3.33. The number of para-hydroxylation sites is 1. The highest BCUT2D eigenvalue weighted by atomic mass is 79.9. The third kappa shape index (κ3) is 5.35. The van der Waals surface area contributed by atoms with Gasteiger partial charge in [-0.2, -0.15) is 0 Å². The molecule has 0 aliphatic heterocycles. The van der Waals surface area contributed by atoms with E-state index in [1.807, 2.05) is 60.7 Å². The standard InChI is InChI=1S/C25H20BrN3O2/c26-20-13-10-18(11-14-20)12-15-24(30)29(16-19-6-2-1-3-7-19)17-23-27-22-9-5-4-8-21(22)25(31)28-23/h1-15H,16-17H2,(H,27,28,31)/b15-12+. The number of rotatable bonds is 6. The van der Waals surface area contributed by atoms with E-state index >= 15 is 0 Å². The van der Waals surface area contributed by atoms with Crippen molar-refractivity contribution in [1.82, 2.24) is 14.9 Å². The van der Waals surface area contributed by atoms with Crippen LogP contribution in [0, 0.1) is 0 Å². The smallest absolute Gasteiger partial charge is 0.258 e. The lowest BCUT2D eigenvalue weighted by Crippen LogP contribution is -2.30. The number of hydrogen-bond acceptors (Lipinski definition) is 3. The second kappa shape index (κ2) is 9.53. The van der Waals surface area contributed by atoms with Gasteiger partial charge in [-0.15, -0.1) is 0 Å². The Morgan fingerprint density at radius 2 is 1.65 bits per heavy atom. The van der Waals surface area contributed by atoms with E-state index in [0.717, 1.165) is 15.6 Å². The molecule has 4 rings (SSSR count). The van der Waals surface area contributed by atoms with Crippen LogP contribution in [-0.4, -0.2) is 20.8 Å². The molecule has 3 aromatic carbocycles. The van der Waals surface area contributed by atoms with E-state index in [1.165, 1.54) is 0 Å². The SMILES string of the molecule is O=C(/C=C/c1ccc(Br)cc1)N(Cc1ccccc1)Cc1nc2ccccc2c(=O)[nH]1. The van der Waals surface area contributed by atoms with Crippen LogP contribution >= 0.6 is 15.9 Å². The summed E-state index contributed by atoms with van der Waals surface area (Å²) in [5.41, 5.74) is 2.32. The van der Waals surface area contributed by atoms with Gasteiger partial charge < -0.3 is 9.88 Å². The largest absolute Gasteiger partial charge is 0.327 e. The first-order valence-corrected chi connectivity index (χ1v) is 10.6. The van der Waals surface area contributed by atoms with Crippen molar-refractivity contribution in [3.63, 3.8) is 0 Å². The summed E-state index contributed by atoms with van der Waals surface area (Å²) in [7, 11) is 0. The molecule has 0 aliphatic carbocycles. The summed E-state index contributed by atoms with van der Waals surface area (Å²) >= 11 is 3.41. The number of carbonyl (C=O) groups excluding carboxylic acids is 1. The molecule has 0 atom stereocenters. The van der Waals surface area contributed by atoms with Crippen molar-refractivity contribution in [2.45, 2.75) is 13.1 Å². The topological polar surface area (TPSA) is 66.1 Å². The van der Waals surface area contributed by atoms with E-state index in [2.05, 4.69) is 25.9 Å². The van der Waals surface area contributed by atoms with Gasteiger partial charge >= 0.3 is 0 Å². The summed E-state index contributed by atoms with van der Waals surface area (Å²) in [6, 6.07) is 24.6. The van der Waals surface area contributed by atoms with Crippen LogP contribution in [0.15, 0.2) is 94.2 Å². The number of carbonyl (C=O) groups is 1. The molecule has 0 fully saturated rings. The number of H-pyrrole nitrogens is 1. The van der Waals surface area contributed by atoms with Crippen LogP contribution in [0.5, 0.6) is 0 Å². The van der Waals surface area contributed by atoms with Crippen LogP contribution in [0.4, 0.5) is 0 Å². The summed E-state index contributed by atoms with van der Waals surface area (Å²) in [4.78, 5) is 34.5. The lowest BCUT2D eigenvalue weighted by molar-refractivity contribution is -0.127. The van der Waals surface area contributed by atoms with Gasteiger partial charge in [0, 0.05) is 17.1 Å². The Kier molecular flexibility index (Phi) is 6.38. The molecular formula is C25H20BrN3O2. The van der Waals surface area contributed by atoms with E-state index in [-0.39, 0.29) is 18.0 Å². The van der Waals surface area contributed by atoms with Crippen molar-refractivity contribution in [2.75, 3.05) is 0 Å². The van der Waals surface area contributed by atoms with Crippen molar-refractivity contribution < 1.29 is 4.79 Å². The van der Waals surface area contributed by atoms with Crippen LogP contribution in [0.3, 0.4) is 0 Å². The van der Waals surface area contributed by atoms with E-state index in [4.69, 9.17) is 0 Å². The minimum atomic E-state index is -0.210. The van der Waals surface area contributed by atoms with Gasteiger partial charge in [-0.25, -0.2) is 4.98 Å². The third-order valence-corrected chi connectivity index (χ3v) is 5.35. The number of aromatic nitrogens is 2. The number of nitrogens with zero attached hydrogens (tertiary/aromatic N) is 2. The van der Waals surface area contributed by atoms with Crippen molar-refractivity contribution in [1.29, 1.82) is 0 Å². The molecule has 1 heterocycles. The van der Waals surface area contributed by atoms with E-state index in [0.29, 0.717) is 23.3 Å². The number of fused-ring (bicyclic) bond motifs is 1. The third-order valence-electron chi connectivity index (χ3n) is 4.82. The highest BCUT2D eigenvalue weighted by Crippen LogP contribution is 2.14. The monoisotopic (exact) mass is 473 g/mol. The molecule has 0 saturated carbocycles.